The van der Waals surface area contributed by atoms with Crippen LogP contribution in [0.25, 0.3) is 0 Å². The second-order valence-electron chi connectivity index (χ2n) is 7.58. The molecule has 1 heterocycles. The van der Waals surface area contributed by atoms with E-state index in [1.54, 1.807) is 6.07 Å². The van der Waals surface area contributed by atoms with Crippen molar-refractivity contribution in [1.82, 2.24) is 10.2 Å². The molecule has 1 atom stereocenters. The minimum atomic E-state index is -0.453. The molecule has 1 N–H and O–H groups in total. The Kier molecular flexibility index (Phi) is 7.16. The van der Waals surface area contributed by atoms with Crippen LogP contribution in [-0.2, 0) is 0 Å². The van der Waals surface area contributed by atoms with Gasteiger partial charge in [0.1, 0.15) is 5.75 Å². The van der Waals surface area contributed by atoms with Gasteiger partial charge in [-0.15, -0.1) is 0 Å². The van der Waals surface area contributed by atoms with Crippen molar-refractivity contribution in [3.8, 4) is 5.75 Å². The first kappa shape index (κ1) is 22.3. The largest absolute Gasteiger partial charge is 0.491 e. The summed E-state index contributed by atoms with van der Waals surface area (Å²) in [5.41, 5.74) is 2.94. The van der Waals surface area contributed by atoms with Gasteiger partial charge in [-0.2, -0.15) is 0 Å². The highest BCUT2D eigenvalue weighted by molar-refractivity contribution is 7.80. The fourth-order valence-electron chi connectivity index (χ4n) is 3.65. The van der Waals surface area contributed by atoms with Crippen molar-refractivity contribution >= 4 is 34.7 Å². The topological polar surface area (TPSA) is 41.6 Å². The summed E-state index contributed by atoms with van der Waals surface area (Å²) < 4.78 is 6.04. The summed E-state index contributed by atoms with van der Waals surface area (Å²) >= 11 is 12.0. The molecule has 2 aromatic carbocycles. The number of halogens is 1. The molecule has 2 aromatic rings. The van der Waals surface area contributed by atoms with E-state index >= 15 is 0 Å². The number of ketones is 1. The van der Waals surface area contributed by atoms with E-state index in [0.717, 1.165) is 24.2 Å². The summed E-state index contributed by atoms with van der Waals surface area (Å²) in [5, 5.41) is 4.55. The zero-order valence-corrected chi connectivity index (χ0v) is 19.3. The van der Waals surface area contributed by atoms with Crippen molar-refractivity contribution in [2.75, 3.05) is 6.54 Å². The number of nitrogens with zero attached hydrogens (tertiary/aromatic N) is 1. The fraction of sp³-hybridized carbons (Fsp3) is 0.333. The molecule has 0 amide bonds. The molecule has 0 aliphatic carbocycles. The third kappa shape index (κ3) is 4.68. The van der Waals surface area contributed by atoms with E-state index in [1.807, 2.05) is 68.1 Å². The van der Waals surface area contributed by atoms with E-state index in [4.69, 9.17) is 28.6 Å². The monoisotopic (exact) mass is 442 g/mol. The smallest absolute Gasteiger partial charge is 0.193 e. The van der Waals surface area contributed by atoms with Crippen LogP contribution < -0.4 is 10.1 Å². The predicted octanol–water partition coefficient (Wildman–Crippen LogP) is 5.93. The SMILES string of the molecule is CCCN1C(=S)NC(c2cc(Cl)ccc2OC(C)C)C(C(=O)c2ccccc2)=C1C. The van der Waals surface area contributed by atoms with Gasteiger partial charge in [0, 0.05) is 34.0 Å². The van der Waals surface area contributed by atoms with Gasteiger partial charge in [0.05, 0.1) is 12.1 Å². The normalized spacial score (nSPS) is 16.7. The number of nitrogens with one attached hydrogen (secondary N) is 1. The lowest BCUT2D eigenvalue weighted by Crippen LogP contribution is -2.48. The Labute approximate surface area is 188 Å². The van der Waals surface area contributed by atoms with Gasteiger partial charge in [0.2, 0.25) is 0 Å². The first-order valence-electron chi connectivity index (χ1n) is 10.2. The highest BCUT2D eigenvalue weighted by Gasteiger charge is 2.35. The highest BCUT2D eigenvalue weighted by atomic mass is 35.5. The minimum absolute atomic E-state index is 0.0181. The molecule has 30 heavy (non-hydrogen) atoms. The van der Waals surface area contributed by atoms with Crippen LogP contribution in [0.4, 0.5) is 0 Å². The lowest BCUT2D eigenvalue weighted by molar-refractivity contribution is 0.102. The second kappa shape index (κ2) is 9.63. The Balaban J connectivity index is 2.18. The van der Waals surface area contributed by atoms with Gasteiger partial charge in [0.15, 0.2) is 10.9 Å². The predicted molar refractivity (Wildman–Crippen MR) is 126 cm³/mol. The van der Waals surface area contributed by atoms with Crippen molar-refractivity contribution in [3.05, 3.63) is 76.0 Å². The van der Waals surface area contributed by atoms with Gasteiger partial charge >= 0.3 is 0 Å². The van der Waals surface area contributed by atoms with E-state index in [0.29, 0.717) is 27.0 Å². The number of carbonyl (C=O) groups is 1. The average Bonchev–Trinajstić information content (AvgIpc) is 2.72. The maximum absolute atomic E-state index is 13.6. The summed E-state index contributed by atoms with van der Waals surface area (Å²) in [6.45, 7) is 8.72. The zero-order valence-electron chi connectivity index (χ0n) is 17.7. The van der Waals surface area contributed by atoms with Crippen LogP contribution in [0.2, 0.25) is 5.02 Å². The summed E-state index contributed by atoms with van der Waals surface area (Å²) in [5.74, 6) is 0.648. The van der Waals surface area contributed by atoms with Gasteiger partial charge < -0.3 is 15.0 Å². The minimum Gasteiger partial charge on any atom is -0.491 e. The number of benzene rings is 2. The quantitative estimate of drug-likeness (QED) is 0.425. The first-order valence-corrected chi connectivity index (χ1v) is 11.0. The lowest BCUT2D eigenvalue weighted by Gasteiger charge is -2.38. The molecular weight excluding hydrogens is 416 g/mol. The van der Waals surface area contributed by atoms with Crippen LogP contribution in [0.1, 0.15) is 56.1 Å². The summed E-state index contributed by atoms with van der Waals surface area (Å²) in [6.07, 6.45) is 0.894. The average molecular weight is 443 g/mol. The highest BCUT2D eigenvalue weighted by Crippen LogP contribution is 2.38. The van der Waals surface area contributed by atoms with Crippen molar-refractivity contribution in [1.29, 1.82) is 0 Å². The van der Waals surface area contributed by atoms with Crippen LogP contribution in [0, 0.1) is 0 Å². The van der Waals surface area contributed by atoms with Gasteiger partial charge in [-0.05, 0) is 57.6 Å². The fourth-order valence-corrected chi connectivity index (χ4v) is 4.18. The molecule has 1 aliphatic heterocycles. The van der Waals surface area contributed by atoms with E-state index < -0.39 is 6.04 Å². The molecule has 6 heteroatoms. The molecule has 0 fully saturated rings. The van der Waals surface area contributed by atoms with Crippen LogP contribution in [0.3, 0.4) is 0 Å². The van der Waals surface area contributed by atoms with Gasteiger partial charge in [-0.1, -0.05) is 48.9 Å². The number of Topliss-reactive ketones (excluding diaryl/α,β-unsaturated/α-hetero) is 1. The number of hydrogen-bond acceptors (Lipinski definition) is 3. The maximum atomic E-state index is 13.6. The molecule has 158 valence electrons. The number of hydrogen-bond donors (Lipinski definition) is 1. The molecule has 4 nitrogen and oxygen atoms in total. The van der Waals surface area contributed by atoms with Gasteiger partial charge in [-0.3, -0.25) is 4.79 Å². The Morgan fingerprint density at radius 3 is 2.57 bits per heavy atom. The number of allylic oxidation sites excluding steroid dienone is 1. The maximum Gasteiger partial charge on any atom is 0.193 e. The third-order valence-corrected chi connectivity index (χ3v) is 5.54. The number of carbonyl (C=O) groups excluding carboxylic acids is 1. The number of rotatable bonds is 7. The van der Waals surface area contributed by atoms with E-state index in [-0.39, 0.29) is 11.9 Å². The Hall–Kier alpha value is -2.37. The van der Waals surface area contributed by atoms with Crippen LogP contribution in [0.15, 0.2) is 59.8 Å². The van der Waals surface area contributed by atoms with Gasteiger partial charge in [0.25, 0.3) is 0 Å². The molecular formula is C24H27ClN2O2S. The van der Waals surface area contributed by atoms with Crippen molar-refractivity contribution < 1.29 is 9.53 Å². The lowest BCUT2D eigenvalue weighted by atomic mass is 9.88. The van der Waals surface area contributed by atoms with E-state index in [1.165, 1.54) is 0 Å². The Morgan fingerprint density at radius 1 is 1.23 bits per heavy atom. The van der Waals surface area contributed by atoms with E-state index in [2.05, 4.69) is 12.2 Å². The van der Waals surface area contributed by atoms with E-state index in [9.17, 15) is 4.79 Å². The van der Waals surface area contributed by atoms with Crippen molar-refractivity contribution in [3.63, 3.8) is 0 Å². The zero-order chi connectivity index (χ0) is 21.8. The second-order valence-corrected chi connectivity index (χ2v) is 8.40. The van der Waals surface area contributed by atoms with Crippen LogP contribution >= 0.6 is 23.8 Å². The van der Waals surface area contributed by atoms with Crippen molar-refractivity contribution in [2.45, 2.75) is 46.3 Å². The molecule has 0 radical (unpaired) electrons. The number of ether oxygens (including phenoxy) is 1. The molecule has 0 aromatic heterocycles. The molecule has 0 spiro atoms. The first-order chi connectivity index (χ1) is 14.3. The molecule has 0 bridgehead atoms. The molecule has 1 unspecified atom stereocenters. The number of thiocarbonyl (C=S) groups is 1. The molecule has 3 rings (SSSR count). The molecule has 1 aliphatic rings. The Bertz CT molecular complexity index is 972. The van der Waals surface area contributed by atoms with Crippen molar-refractivity contribution in [2.24, 2.45) is 0 Å². The molecule has 0 saturated heterocycles. The summed E-state index contributed by atoms with van der Waals surface area (Å²) in [4.78, 5) is 15.6. The standard InChI is InChI=1S/C24H27ClN2O2S/c1-5-13-27-16(4)21(23(28)17-9-7-6-8-10-17)22(26-24(27)30)19-14-18(25)11-12-20(19)29-15(2)3/h6-12,14-15,22H,5,13H2,1-4H3,(H,26,30). The third-order valence-electron chi connectivity index (χ3n) is 4.97. The van der Waals surface area contributed by atoms with Crippen LogP contribution in [0.5, 0.6) is 5.75 Å². The Morgan fingerprint density at radius 2 is 1.93 bits per heavy atom. The molecule has 0 saturated carbocycles. The summed E-state index contributed by atoms with van der Waals surface area (Å²) in [6, 6.07) is 14.3. The summed E-state index contributed by atoms with van der Waals surface area (Å²) in [7, 11) is 0. The van der Waals surface area contributed by atoms with Crippen LogP contribution in [-0.4, -0.2) is 28.4 Å². The van der Waals surface area contributed by atoms with Gasteiger partial charge in [-0.25, -0.2) is 0 Å².